The minimum absolute atomic E-state index is 0.0497. The van der Waals surface area contributed by atoms with Crippen LogP contribution in [0.4, 0.5) is 0 Å². The number of carboxylic acids is 1. The van der Waals surface area contributed by atoms with Crippen molar-refractivity contribution in [1.82, 2.24) is 10.3 Å². The zero-order valence-electron chi connectivity index (χ0n) is 11.3. The molecule has 0 aliphatic carbocycles. The summed E-state index contributed by atoms with van der Waals surface area (Å²) in [5.74, 6) is -1.37. The molecule has 0 radical (unpaired) electrons. The molecule has 6 heteroatoms. The van der Waals surface area contributed by atoms with Crippen molar-refractivity contribution in [2.45, 2.75) is 13.5 Å². The maximum Gasteiger partial charge on any atom is 0.335 e. The molecular formula is C15H14N2O4. The van der Waals surface area contributed by atoms with Crippen LogP contribution in [0.25, 0.3) is 0 Å². The molecule has 0 atom stereocenters. The van der Waals surface area contributed by atoms with Gasteiger partial charge in [-0.2, -0.15) is 0 Å². The first kappa shape index (κ1) is 14.5. The fourth-order valence-electron chi connectivity index (χ4n) is 1.73. The molecule has 108 valence electrons. The molecule has 1 aromatic carbocycles. The highest BCUT2D eigenvalue weighted by atomic mass is 16.4. The number of hydrogen-bond acceptors (Lipinski definition) is 4. The second-order valence-corrected chi connectivity index (χ2v) is 4.52. The van der Waals surface area contributed by atoms with Crippen molar-refractivity contribution in [3.05, 3.63) is 58.9 Å². The fourth-order valence-corrected chi connectivity index (χ4v) is 1.73. The minimum Gasteiger partial charge on any atom is -0.508 e. The van der Waals surface area contributed by atoms with Crippen LogP contribution in [0.2, 0.25) is 0 Å². The van der Waals surface area contributed by atoms with Gasteiger partial charge in [0.25, 0.3) is 5.91 Å². The van der Waals surface area contributed by atoms with Crippen molar-refractivity contribution in [2.75, 3.05) is 0 Å². The van der Waals surface area contributed by atoms with Gasteiger partial charge in [0.15, 0.2) is 0 Å². The van der Waals surface area contributed by atoms with E-state index in [2.05, 4.69) is 10.3 Å². The van der Waals surface area contributed by atoms with E-state index < -0.39 is 5.97 Å². The van der Waals surface area contributed by atoms with E-state index in [1.807, 2.05) is 0 Å². The Bertz CT molecular complexity index is 698. The van der Waals surface area contributed by atoms with Crippen molar-refractivity contribution >= 4 is 11.9 Å². The van der Waals surface area contributed by atoms with Crippen molar-refractivity contribution in [2.24, 2.45) is 0 Å². The molecule has 2 rings (SSSR count). The van der Waals surface area contributed by atoms with Gasteiger partial charge in [-0.15, -0.1) is 0 Å². The molecule has 3 N–H and O–H groups in total. The van der Waals surface area contributed by atoms with Gasteiger partial charge in [0, 0.05) is 11.8 Å². The smallest absolute Gasteiger partial charge is 0.335 e. The zero-order valence-corrected chi connectivity index (χ0v) is 11.3. The quantitative estimate of drug-likeness (QED) is 0.794. The standard InChI is InChI=1S/C15H14N2O4/c1-9-2-3-10(7-13(9)18)14(19)17-8-12-6-11(15(20)21)4-5-16-12/h2-7,18H,8H2,1H3,(H,17,19)(H,20,21). The monoisotopic (exact) mass is 286 g/mol. The highest BCUT2D eigenvalue weighted by Gasteiger charge is 2.09. The average Bonchev–Trinajstić information content (AvgIpc) is 2.48. The van der Waals surface area contributed by atoms with Crippen LogP contribution in [-0.4, -0.2) is 27.1 Å². The van der Waals surface area contributed by atoms with Crippen LogP contribution in [0.5, 0.6) is 5.75 Å². The van der Waals surface area contributed by atoms with Crippen LogP contribution in [0.1, 0.15) is 32.0 Å². The first-order valence-electron chi connectivity index (χ1n) is 6.23. The number of phenols is 1. The molecule has 0 fully saturated rings. The van der Waals surface area contributed by atoms with E-state index in [0.717, 1.165) is 0 Å². The molecular weight excluding hydrogens is 272 g/mol. The first-order valence-corrected chi connectivity index (χ1v) is 6.23. The molecule has 0 saturated heterocycles. The van der Waals surface area contributed by atoms with E-state index >= 15 is 0 Å². The number of rotatable bonds is 4. The second kappa shape index (κ2) is 6.04. The molecule has 21 heavy (non-hydrogen) atoms. The van der Waals surface area contributed by atoms with Crippen molar-refractivity contribution in [3.63, 3.8) is 0 Å². The SMILES string of the molecule is Cc1ccc(C(=O)NCc2cc(C(=O)O)ccn2)cc1O. The molecule has 1 aromatic heterocycles. The van der Waals surface area contributed by atoms with Crippen LogP contribution in [0.15, 0.2) is 36.5 Å². The lowest BCUT2D eigenvalue weighted by Gasteiger charge is -2.07. The number of carboxylic acid groups (broad SMARTS) is 1. The van der Waals surface area contributed by atoms with Gasteiger partial charge in [-0.25, -0.2) is 4.79 Å². The molecule has 1 amide bonds. The number of carbonyl (C=O) groups excluding carboxylic acids is 1. The summed E-state index contributed by atoms with van der Waals surface area (Å²) in [6, 6.07) is 7.41. The van der Waals surface area contributed by atoms with Crippen LogP contribution >= 0.6 is 0 Å². The van der Waals surface area contributed by atoms with Gasteiger partial charge in [0.05, 0.1) is 17.8 Å². The number of benzene rings is 1. The molecule has 0 unspecified atom stereocenters. The molecule has 1 heterocycles. The Morgan fingerprint density at radius 1 is 1.19 bits per heavy atom. The lowest BCUT2D eigenvalue weighted by Crippen LogP contribution is -2.23. The second-order valence-electron chi connectivity index (χ2n) is 4.52. The lowest BCUT2D eigenvalue weighted by molar-refractivity contribution is 0.0696. The number of amides is 1. The zero-order chi connectivity index (χ0) is 15.4. The Hall–Kier alpha value is -2.89. The van der Waals surface area contributed by atoms with Gasteiger partial charge in [-0.3, -0.25) is 9.78 Å². The van der Waals surface area contributed by atoms with Crippen LogP contribution in [0, 0.1) is 6.92 Å². The fraction of sp³-hybridized carbons (Fsp3) is 0.133. The van der Waals surface area contributed by atoms with E-state index in [0.29, 0.717) is 16.8 Å². The summed E-state index contributed by atoms with van der Waals surface area (Å²) in [6.45, 7) is 1.84. The van der Waals surface area contributed by atoms with E-state index in [-0.39, 0.29) is 23.8 Å². The number of aromatic carboxylic acids is 1. The third-order valence-corrected chi connectivity index (χ3v) is 2.96. The molecule has 0 saturated carbocycles. The number of carbonyl (C=O) groups is 2. The Morgan fingerprint density at radius 2 is 1.95 bits per heavy atom. The van der Waals surface area contributed by atoms with Gasteiger partial charge in [0.2, 0.25) is 0 Å². The van der Waals surface area contributed by atoms with Crippen LogP contribution in [0.3, 0.4) is 0 Å². The topological polar surface area (TPSA) is 99.5 Å². The van der Waals surface area contributed by atoms with Crippen molar-refractivity contribution in [3.8, 4) is 5.75 Å². The molecule has 0 aliphatic rings. The van der Waals surface area contributed by atoms with Crippen LogP contribution < -0.4 is 5.32 Å². The summed E-state index contributed by atoms with van der Waals surface area (Å²) < 4.78 is 0. The van der Waals surface area contributed by atoms with Gasteiger partial charge >= 0.3 is 5.97 Å². The highest BCUT2D eigenvalue weighted by molar-refractivity contribution is 5.94. The molecule has 6 nitrogen and oxygen atoms in total. The largest absolute Gasteiger partial charge is 0.508 e. The summed E-state index contributed by atoms with van der Waals surface area (Å²) in [6.07, 6.45) is 1.38. The lowest BCUT2D eigenvalue weighted by atomic mass is 10.1. The highest BCUT2D eigenvalue weighted by Crippen LogP contribution is 2.17. The first-order chi connectivity index (χ1) is 9.97. The predicted octanol–water partition coefficient (Wildman–Crippen LogP) is 1.72. The van der Waals surface area contributed by atoms with Gasteiger partial charge in [-0.1, -0.05) is 6.07 Å². The van der Waals surface area contributed by atoms with Crippen molar-refractivity contribution in [1.29, 1.82) is 0 Å². The Morgan fingerprint density at radius 3 is 2.62 bits per heavy atom. The third-order valence-electron chi connectivity index (χ3n) is 2.96. The maximum absolute atomic E-state index is 11.9. The summed E-state index contributed by atoms with van der Waals surface area (Å²) in [5, 5.41) is 21.1. The van der Waals surface area contributed by atoms with Gasteiger partial charge in [-0.05, 0) is 36.8 Å². The van der Waals surface area contributed by atoms with E-state index in [4.69, 9.17) is 5.11 Å². The number of nitrogens with one attached hydrogen (secondary N) is 1. The maximum atomic E-state index is 11.9. The molecule has 0 bridgehead atoms. The summed E-state index contributed by atoms with van der Waals surface area (Å²) in [5.41, 5.74) is 1.57. The third kappa shape index (κ3) is 3.56. The molecule has 2 aromatic rings. The van der Waals surface area contributed by atoms with Gasteiger partial charge < -0.3 is 15.5 Å². The number of aryl methyl sites for hydroxylation is 1. The van der Waals surface area contributed by atoms with E-state index in [1.165, 1.54) is 24.4 Å². The van der Waals surface area contributed by atoms with E-state index in [1.54, 1.807) is 19.1 Å². The molecule has 0 spiro atoms. The normalized spacial score (nSPS) is 10.1. The average molecular weight is 286 g/mol. The Balaban J connectivity index is 2.05. The number of hydrogen-bond donors (Lipinski definition) is 3. The van der Waals surface area contributed by atoms with Crippen LogP contribution in [-0.2, 0) is 6.54 Å². The summed E-state index contributed by atoms with van der Waals surface area (Å²) in [4.78, 5) is 26.8. The number of nitrogens with zero attached hydrogens (tertiary/aromatic N) is 1. The van der Waals surface area contributed by atoms with Gasteiger partial charge in [0.1, 0.15) is 5.75 Å². The van der Waals surface area contributed by atoms with Crippen molar-refractivity contribution < 1.29 is 19.8 Å². The van der Waals surface area contributed by atoms with E-state index in [9.17, 15) is 14.7 Å². The minimum atomic E-state index is -1.05. The number of aromatic nitrogens is 1. The number of pyridine rings is 1. The summed E-state index contributed by atoms with van der Waals surface area (Å²) in [7, 11) is 0. The number of phenolic OH excluding ortho intramolecular Hbond substituents is 1. The summed E-state index contributed by atoms with van der Waals surface area (Å²) >= 11 is 0. The Labute approximate surface area is 121 Å². The molecule has 0 aliphatic heterocycles. The number of aromatic hydroxyl groups is 1. The predicted molar refractivity (Wildman–Crippen MR) is 75.2 cm³/mol. The Kier molecular flexibility index (Phi) is 4.18.